The zero-order valence-electron chi connectivity index (χ0n) is 6.86. The van der Waals surface area contributed by atoms with Crippen molar-refractivity contribution in [3.05, 3.63) is 35.4 Å². The Morgan fingerprint density at radius 1 is 0.923 bits per heavy atom. The summed E-state index contributed by atoms with van der Waals surface area (Å²) < 4.78 is 0. The monoisotopic (exact) mass is 175 g/mol. The Kier molecular flexibility index (Phi) is 1.63. The van der Waals surface area contributed by atoms with E-state index in [2.05, 4.69) is 15.5 Å². The summed E-state index contributed by atoms with van der Waals surface area (Å²) in [5, 5.41) is 10.1. The summed E-state index contributed by atoms with van der Waals surface area (Å²) in [5.41, 5.74) is 1.85. The molecule has 0 aromatic heterocycles. The van der Waals surface area contributed by atoms with Crippen molar-refractivity contribution in [2.75, 3.05) is 0 Å². The third-order valence-electron chi connectivity index (χ3n) is 1.93. The van der Waals surface area contributed by atoms with Gasteiger partial charge in [-0.25, -0.2) is 0 Å². The quantitative estimate of drug-likeness (QED) is 0.368. The minimum atomic E-state index is 0.597. The van der Waals surface area contributed by atoms with Gasteiger partial charge in [-0.15, -0.1) is 0 Å². The average molecular weight is 175 g/mol. The van der Waals surface area contributed by atoms with Gasteiger partial charge in [0.2, 0.25) is 0 Å². The van der Waals surface area contributed by atoms with Gasteiger partial charge in [-0.05, 0) is 0 Å². The zero-order valence-corrected chi connectivity index (χ0v) is 6.86. The maximum atomic E-state index is 5.20. The second-order valence-corrected chi connectivity index (χ2v) is 2.63. The summed E-state index contributed by atoms with van der Waals surface area (Å²) in [6.07, 6.45) is 0. The van der Waals surface area contributed by atoms with Crippen LogP contribution in [-0.4, -0.2) is 11.7 Å². The molecule has 66 valence electrons. The van der Waals surface area contributed by atoms with E-state index < -0.39 is 0 Å². The van der Waals surface area contributed by atoms with Gasteiger partial charge in [0.1, 0.15) is 0 Å². The minimum absolute atomic E-state index is 0.597. The first-order chi connectivity index (χ1) is 6.36. The smallest absolute Gasteiger partial charge is 0.159 e. The second-order valence-electron chi connectivity index (χ2n) is 2.63. The normalized spacial score (nSPS) is 20.3. The standard InChI is InChI=1S/C8H9N5/c9-12-7-5-3-1-2-4-6(5)8(11-7)13-10/h1-4H,9-10H2,(H,11,12,13). The number of fused-ring (bicyclic) bond motifs is 1. The molecule has 0 saturated carbocycles. The van der Waals surface area contributed by atoms with Gasteiger partial charge in [-0.2, -0.15) is 10.2 Å². The van der Waals surface area contributed by atoms with Gasteiger partial charge < -0.3 is 17.0 Å². The molecule has 1 aliphatic heterocycles. The molecule has 0 saturated heterocycles. The van der Waals surface area contributed by atoms with Crippen molar-refractivity contribution >= 4 is 11.7 Å². The first kappa shape index (κ1) is 7.60. The third-order valence-corrected chi connectivity index (χ3v) is 1.93. The van der Waals surface area contributed by atoms with Crippen LogP contribution in [0.3, 0.4) is 0 Å². The van der Waals surface area contributed by atoms with E-state index in [0.717, 1.165) is 11.1 Å². The highest BCUT2D eigenvalue weighted by molar-refractivity contribution is 6.25. The molecule has 2 rings (SSSR count). The fourth-order valence-corrected chi connectivity index (χ4v) is 1.35. The first-order valence-electron chi connectivity index (χ1n) is 3.79. The number of nitrogens with zero attached hydrogens (tertiary/aromatic N) is 2. The van der Waals surface area contributed by atoms with Crippen molar-refractivity contribution in [3.8, 4) is 0 Å². The highest BCUT2D eigenvalue weighted by atomic mass is 15.3. The molecular weight excluding hydrogens is 166 g/mol. The summed E-state index contributed by atoms with van der Waals surface area (Å²) in [6.45, 7) is 0. The van der Waals surface area contributed by atoms with Gasteiger partial charge in [0, 0.05) is 11.1 Å². The molecule has 1 aromatic carbocycles. The Morgan fingerprint density at radius 3 is 1.77 bits per heavy atom. The van der Waals surface area contributed by atoms with Crippen molar-refractivity contribution < 1.29 is 0 Å². The summed E-state index contributed by atoms with van der Waals surface area (Å²) >= 11 is 0. The van der Waals surface area contributed by atoms with E-state index in [1.165, 1.54) is 0 Å². The second kappa shape index (κ2) is 2.78. The molecule has 1 aromatic rings. The van der Waals surface area contributed by atoms with Crippen LogP contribution in [0.5, 0.6) is 0 Å². The fourth-order valence-electron chi connectivity index (χ4n) is 1.35. The van der Waals surface area contributed by atoms with Gasteiger partial charge in [0.05, 0.1) is 0 Å². The molecule has 5 heteroatoms. The summed E-state index contributed by atoms with van der Waals surface area (Å²) in [4.78, 5) is 0. The highest BCUT2D eigenvalue weighted by Crippen LogP contribution is 2.14. The lowest BCUT2D eigenvalue weighted by molar-refractivity contribution is 1.17. The Balaban J connectivity index is 2.63. The number of nitrogens with two attached hydrogens (primary N) is 2. The number of hydrogen-bond acceptors (Lipinski definition) is 4. The Labute approximate surface area is 75.1 Å². The summed E-state index contributed by atoms with van der Waals surface area (Å²) in [5.74, 6) is 11.6. The number of hydrogen-bond donors (Lipinski definition) is 3. The van der Waals surface area contributed by atoms with Crippen LogP contribution in [0.4, 0.5) is 0 Å². The van der Waals surface area contributed by atoms with Gasteiger partial charge in [0.25, 0.3) is 0 Å². The molecule has 0 spiro atoms. The van der Waals surface area contributed by atoms with E-state index in [-0.39, 0.29) is 0 Å². The van der Waals surface area contributed by atoms with Crippen molar-refractivity contribution in [2.24, 2.45) is 21.9 Å². The molecule has 0 fully saturated rings. The predicted molar refractivity (Wildman–Crippen MR) is 51.0 cm³/mol. The van der Waals surface area contributed by atoms with Crippen molar-refractivity contribution in [1.82, 2.24) is 5.32 Å². The van der Waals surface area contributed by atoms with E-state index in [0.29, 0.717) is 11.7 Å². The molecular formula is C8H9N5. The van der Waals surface area contributed by atoms with E-state index >= 15 is 0 Å². The van der Waals surface area contributed by atoms with Gasteiger partial charge in [0.15, 0.2) is 11.7 Å². The Morgan fingerprint density at radius 2 is 1.38 bits per heavy atom. The lowest BCUT2D eigenvalue weighted by Crippen LogP contribution is -2.24. The van der Waals surface area contributed by atoms with Crippen LogP contribution in [0.15, 0.2) is 34.5 Å². The number of hydrazone groups is 2. The van der Waals surface area contributed by atoms with Gasteiger partial charge in [-0.1, -0.05) is 24.3 Å². The predicted octanol–water partition coefficient (Wildman–Crippen LogP) is -0.470. The van der Waals surface area contributed by atoms with Crippen LogP contribution in [0, 0.1) is 0 Å². The van der Waals surface area contributed by atoms with E-state index in [4.69, 9.17) is 11.7 Å². The van der Waals surface area contributed by atoms with Crippen LogP contribution < -0.4 is 17.0 Å². The third kappa shape index (κ3) is 1.01. The van der Waals surface area contributed by atoms with Crippen LogP contribution in [0.2, 0.25) is 0 Å². The summed E-state index contributed by atoms with van der Waals surface area (Å²) in [7, 11) is 0. The van der Waals surface area contributed by atoms with E-state index in [9.17, 15) is 0 Å². The molecule has 5 N–H and O–H groups in total. The van der Waals surface area contributed by atoms with Crippen LogP contribution >= 0.6 is 0 Å². The fraction of sp³-hybridized carbons (Fsp3) is 0. The highest BCUT2D eigenvalue weighted by Gasteiger charge is 2.22. The lowest BCUT2D eigenvalue weighted by Gasteiger charge is -1.93. The molecule has 1 heterocycles. The largest absolute Gasteiger partial charge is 0.321 e. The van der Waals surface area contributed by atoms with Crippen molar-refractivity contribution in [1.29, 1.82) is 0 Å². The Hall–Kier alpha value is -2.04. The molecule has 0 bridgehead atoms. The molecule has 0 amide bonds. The molecule has 13 heavy (non-hydrogen) atoms. The zero-order chi connectivity index (χ0) is 9.26. The topological polar surface area (TPSA) is 88.8 Å². The van der Waals surface area contributed by atoms with Crippen molar-refractivity contribution in [3.63, 3.8) is 0 Å². The summed E-state index contributed by atoms with van der Waals surface area (Å²) in [6, 6.07) is 7.63. The average Bonchev–Trinajstić information content (AvgIpc) is 2.56. The molecule has 0 atom stereocenters. The number of rotatable bonds is 0. The van der Waals surface area contributed by atoms with E-state index in [1.807, 2.05) is 24.3 Å². The minimum Gasteiger partial charge on any atom is -0.321 e. The SMILES string of the molecule is N/N=C1\N/C(=N/N)c2ccccc21. The van der Waals surface area contributed by atoms with Gasteiger partial charge in [-0.3, -0.25) is 0 Å². The van der Waals surface area contributed by atoms with Crippen LogP contribution in [0.1, 0.15) is 11.1 Å². The number of amidine groups is 2. The lowest BCUT2D eigenvalue weighted by atomic mass is 10.1. The van der Waals surface area contributed by atoms with E-state index in [1.54, 1.807) is 0 Å². The molecule has 0 aliphatic carbocycles. The van der Waals surface area contributed by atoms with Gasteiger partial charge >= 0.3 is 0 Å². The number of benzene rings is 1. The first-order valence-corrected chi connectivity index (χ1v) is 3.79. The molecule has 0 radical (unpaired) electrons. The number of nitrogens with one attached hydrogen (secondary N) is 1. The maximum Gasteiger partial charge on any atom is 0.159 e. The van der Waals surface area contributed by atoms with Crippen LogP contribution in [-0.2, 0) is 0 Å². The molecule has 1 aliphatic rings. The van der Waals surface area contributed by atoms with Crippen molar-refractivity contribution in [2.45, 2.75) is 0 Å². The maximum absolute atomic E-state index is 5.20. The van der Waals surface area contributed by atoms with Crippen LogP contribution in [0.25, 0.3) is 0 Å². The molecule has 0 unspecified atom stereocenters. The molecule has 5 nitrogen and oxygen atoms in total. The Bertz CT molecular complexity index is 356.